The molecule has 0 unspecified atom stereocenters. The first-order valence-corrected chi connectivity index (χ1v) is 8.33. The quantitative estimate of drug-likeness (QED) is 0.810. The first-order valence-electron chi connectivity index (χ1n) is 6.44. The Morgan fingerprint density at radius 1 is 1.48 bits per heavy atom. The third-order valence-electron chi connectivity index (χ3n) is 2.87. The maximum absolute atomic E-state index is 11.9. The topological polar surface area (TPSA) is 101 Å². The van der Waals surface area contributed by atoms with Crippen LogP contribution in [0.1, 0.15) is 25.0 Å². The molecule has 1 aliphatic carbocycles. The van der Waals surface area contributed by atoms with E-state index in [1.807, 2.05) is 6.08 Å². The molecule has 0 spiro atoms. The second-order valence-corrected chi connectivity index (χ2v) is 6.49. The van der Waals surface area contributed by atoms with Crippen LogP contribution in [0, 0.1) is 0 Å². The fourth-order valence-electron chi connectivity index (χ4n) is 1.97. The predicted octanol–water partition coefficient (Wildman–Crippen LogP) is 0.834. The number of hydrogen-bond donors (Lipinski definition) is 2. The van der Waals surface area contributed by atoms with Gasteiger partial charge in [0, 0.05) is 5.70 Å². The molecule has 0 radical (unpaired) electrons. The Morgan fingerprint density at radius 3 is 2.95 bits per heavy atom. The molecule has 21 heavy (non-hydrogen) atoms. The average molecular weight is 311 g/mol. The van der Waals surface area contributed by atoms with Crippen LogP contribution in [0.15, 0.2) is 40.4 Å². The van der Waals surface area contributed by atoms with E-state index in [0.29, 0.717) is 23.5 Å². The van der Waals surface area contributed by atoms with Crippen molar-refractivity contribution in [2.75, 3.05) is 6.26 Å². The number of amides is 1. The van der Waals surface area contributed by atoms with Crippen LogP contribution in [0.4, 0.5) is 0 Å². The summed E-state index contributed by atoms with van der Waals surface area (Å²) in [6, 6.07) is 0. The van der Waals surface area contributed by atoms with Crippen LogP contribution in [0.2, 0.25) is 0 Å². The molecule has 0 bridgehead atoms. The minimum absolute atomic E-state index is 0.114. The molecule has 0 atom stereocenters. The highest BCUT2D eigenvalue weighted by molar-refractivity contribution is 7.88. The van der Waals surface area contributed by atoms with Crippen LogP contribution in [-0.2, 0) is 21.4 Å². The zero-order chi connectivity index (χ0) is 15.3. The molecule has 1 aromatic rings. The molecule has 2 rings (SSSR count). The number of oxazole rings is 1. The molecule has 0 saturated carbocycles. The van der Waals surface area contributed by atoms with E-state index in [4.69, 9.17) is 4.42 Å². The van der Waals surface area contributed by atoms with E-state index in [0.717, 1.165) is 12.7 Å². The smallest absolute Gasteiger partial charge is 0.229 e. The van der Waals surface area contributed by atoms with Gasteiger partial charge in [-0.05, 0) is 18.4 Å². The average Bonchev–Trinajstić information content (AvgIpc) is 2.90. The lowest BCUT2D eigenvalue weighted by Gasteiger charge is -2.16. The van der Waals surface area contributed by atoms with E-state index in [-0.39, 0.29) is 18.9 Å². The summed E-state index contributed by atoms with van der Waals surface area (Å²) in [6.45, 7) is 0.255. The molecule has 1 aliphatic rings. The molecule has 7 nitrogen and oxygen atoms in total. The van der Waals surface area contributed by atoms with Crippen LogP contribution in [0.5, 0.6) is 0 Å². The molecular formula is C13H17N3O4S. The lowest BCUT2D eigenvalue weighted by molar-refractivity contribution is -0.120. The lowest BCUT2D eigenvalue weighted by atomic mass is 10.0. The molecule has 114 valence electrons. The number of rotatable bonds is 6. The van der Waals surface area contributed by atoms with Crippen molar-refractivity contribution in [3.05, 3.63) is 41.8 Å². The van der Waals surface area contributed by atoms with Gasteiger partial charge in [0.1, 0.15) is 5.76 Å². The van der Waals surface area contributed by atoms with E-state index in [9.17, 15) is 13.2 Å². The van der Waals surface area contributed by atoms with Crippen molar-refractivity contribution in [3.8, 4) is 0 Å². The zero-order valence-corrected chi connectivity index (χ0v) is 12.4. The Kier molecular flexibility index (Phi) is 4.79. The Balaban J connectivity index is 1.98. The van der Waals surface area contributed by atoms with Crippen molar-refractivity contribution in [1.29, 1.82) is 0 Å². The van der Waals surface area contributed by atoms with Crippen molar-refractivity contribution in [2.24, 2.45) is 0 Å². The second kappa shape index (κ2) is 6.57. The summed E-state index contributed by atoms with van der Waals surface area (Å²) in [7, 11) is -3.34. The normalized spacial score (nSPS) is 15.1. The highest BCUT2D eigenvalue weighted by atomic mass is 32.2. The summed E-state index contributed by atoms with van der Waals surface area (Å²) < 4.78 is 30.1. The van der Waals surface area contributed by atoms with Gasteiger partial charge in [0.25, 0.3) is 0 Å². The monoisotopic (exact) mass is 311 g/mol. The van der Waals surface area contributed by atoms with Gasteiger partial charge in [-0.2, -0.15) is 0 Å². The Morgan fingerprint density at radius 2 is 2.29 bits per heavy atom. The number of sulfonamides is 1. The standard InChI is InChI=1S/C13H17N3O4S/c1-21(18,19)16-12-5-3-2-4-10(12)6-13(17)15-8-11-7-14-9-20-11/h2,4,7,9,16H,3,5-6,8H2,1H3,(H,15,17). The largest absolute Gasteiger partial charge is 0.447 e. The maximum Gasteiger partial charge on any atom is 0.229 e. The van der Waals surface area contributed by atoms with E-state index >= 15 is 0 Å². The summed E-state index contributed by atoms with van der Waals surface area (Å²) in [5, 5.41) is 2.70. The highest BCUT2D eigenvalue weighted by Crippen LogP contribution is 2.20. The number of allylic oxidation sites excluding steroid dienone is 3. The summed E-state index contributed by atoms with van der Waals surface area (Å²) in [5.74, 6) is 0.353. The van der Waals surface area contributed by atoms with Gasteiger partial charge in [-0.25, -0.2) is 13.4 Å². The second-order valence-electron chi connectivity index (χ2n) is 4.74. The van der Waals surface area contributed by atoms with Crippen molar-refractivity contribution < 1.29 is 17.6 Å². The number of carbonyl (C=O) groups excluding carboxylic acids is 1. The fourth-order valence-corrected chi connectivity index (χ4v) is 2.65. The zero-order valence-electron chi connectivity index (χ0n) is 11.6. The van der Waals surface area contributed by atoms with Crippen LogP contribution in [0.25, 0.3) is 0 Å². The maximum atomic E-state index is 11.9. The molecule has 8 heteroatoms. The summed E-state index contributed by atoms with van der Waals surface area (Å²) in [6.07, 6.45) is 9.06. The number of carbonyl (C=O) groups is 1. The SMILES string of the molecule is CS(=O)(=O)NC1=C(CC(=O)NCc2cnco2)C=CCC1. The van der Waals surface area contributed by atoms with Gasteiger partial charge in [0.05, 0.1) is 25.4 Å². The van der Waals surface area contributed by atoms with Gasteiger partial charge in [0.15, 0.2) is 6.39 Å². The minimum Gasteiger partial charge on any atom is -0.447 e. The van der Waals surface area contributed by atoms with E-state index in [2.05, 4.69) is 15.0 Å². The van der Waals surface area contributed by atoms with Crippen LogP contribution < -0.4 is 10.0 Å². The molecule has 2 N–H and O–H groups in total. The summed E-state index contributed by atoms with van der Waals surface area (Å²) in [4.78, 5) is 15.7. The first-order chi connectivity index (χ1) is 9.94. The van der Waals surface area contributed by atoms with E-state index in [1.165, 1.54) is 12.6 Å². The van der Waals surface area contributed by atoms with Crippen LogP contribution in [-0.4, -0.2) is 25.6 Å². The first kappa shape index (κ1) is 15.3. The highest BCUT2D eigenvalue weighted by Gasteiger charge is 2.15. The van der Waals surface area contributed by atoms with Gasteiger partial charge in [-0.15, -0.1) is 0 Å². The third kappa shape index (κ3) is 5.07. The predicted molar refractivity (Wildman–Crippen MR) is 76.3 cm³/mol. The van der Waals surface area contributed by atoms with E-state index in [1.54, 1.807) is 6.08 Å². The summed E-state index contributed by atoms with van der Waals surface area (Å²) in [5.41, 5.74) is 1.26. The fraction of sp³-hybridized carbons (Fsp3) is 0.385. The molecule has 1 heterocycles. The van der Waals surface area contributed by atoms with Crippen molar-refractivity contribution >= 4 is 15.9 Å². The van der Waals surface area contributed by atoms with Gasteiger partial charge < -0.3 is 9.73 Å². The number of aromatic nitrogens is 1. The van der Waals surface area contributed by atoms with E-state index < -0.39 is 10.0 Å². The van der Waals surface area contributed by atoms with Gasteiger partial charge in [0.2, 0.25) is 15.9 Å². The molecule has 0 aliphatic heterocycles. The molecule has 1 amide bonds. The molecule has 1 aromatic heterocycles. The number of hydrogen-bond acceptors (Lipinski definition) is 5. The van der Waals surface area contributed by atoms with Crippen molar-refractivity contribution in [2.45, 2.75) is 25.8 Å². The molecular weight excluding hydrogens is 294 g/mol. The van der Waals surface area contributed by atoms with Crippen LogP contribution in [0.3, 0.4) is 0 Å². The Hall–Kier alpha value is -2.09. The Bertz CT molecular complexity index is 660. The lowest BCUT2D eigenvalue weighted by Crippen LogP contribution is -2.26. The third-order valence-corrected chi connectivity index (χ3v) is 3.49. The minimum atomic E-state index is -3.34. The van der Waals surface area contributed by atoms with Gasteiger partial charge >= 0.3 is 0 Å². The number of nitrogens with one attached hydrogen (secondary N) is 2. The van der Waals surface area contributed by atoms with Crippen LogP contribution >= 0.6 is 0 Å². The van der Waals surface area contributed by atoms with Gasteiger partial charge in [-0.1, -0.05) is 12.2 Å². The van der Waals surface area contributed by atoms with Crippen molar-refractivity contribution in [1.82, 2.24) is 15.0 Å². The molecule has 0 aromatic carbocycles. The number of nitrogens with zero attached hydrogens (tertiary/aromatic N) is 1. The van der Waals surface area contributed by atoms with Crippen molar-refractivity contribution in [3.63, 3.8) is 0 Å². The van der Waals surface area contributed by atoms with Gasteiger partial charge in [-0.3, -0.25) is 9.52 Å². The molecule has 0 fully saturated rings. The molecule has 0 saturated heterocycles. The Labute approximate surface area is 123 Å². The summed E-state index contributed by atoms with van der Waals surface area (Å²) >= 11 is 0.